The first-order chi connectivity index (χ1) is 20.4. The second-order valence-electron chi connectivity index (χ2n) is 11.7. The van der Waals surface area contributed by atoms with Crippen LogP contribution in [-0.4, -0.2) is 162 Å². The Morgan fingerprint density at radius 2 is 1.30 bits per heavy atom. The van der Waals surface area contributed by atoms with Gasteiger partial charge in [0.05, 0.1) is 30.5 Å². The molecule has 0 amide bonds. The standard InChI is InChI=1S/C30H48N6O6S/c1-24-8-10-32(2)12-13-34(20-28(37)38)14-15-35(21-29(39)40)16-17-36(22-30(41)42)27(19-33(3)11-9-24)18-25-4-6-26(7-5-25)31-23-43/h4-7,24,27H,8-22H2,1-3H3,(H,37,38)(H,39,40)(H,41,42). The fraction of sp³-hybridized carbons (Fsp3) is 0.667. The van der Waals surface area contributed by atoms with Crippen LogP contribution in [0.25, 0.3) is 0 Å². The van der Waals surface area contributed by atoms with Crippen molar-refractivity contribution in [3.05, 3.63) is 29.8 Å². The summed E-state index contributed by atoms with van der Waals surface area (Å²) in [6.45, 7) is 6.83. The number of aliphatic carboxylic acids is 3. The molecule has 2 atom stereocenters. The van der Waals surface area contributed by atoms with Crippen molar-refractivity contribution in [3.63, 3.8) is 0 Å². The number of hydrogen-bond donors (Lipinski definition) is 3. The number of carboxylic acids is 3. The molecule has 1 heterocycles. The average molecular weight is 621 g/mol. The van der Waals surface area contributed by atoms with Crippen molar-refractivity contribution in [2.45, 2.75) is 32.2 Å². The Balaban J connectivity index is 2.35. The van der Waals surface area contributed by atoms with E-state index in [1.54, 1.807) is 4.90 Å². The van der Waals surface area contributed by atoms with Gasteiger partial charge in [0.15, 0.2) is 0 Å². The Bertz CT molecular complexity index is 1070. The van der Waals surface area contributed by atoms with Gasteiger partial charge in [0.2, 0.25) is 0 Å². The van der Waals surface area contributed by atoms with Crippen LogP contribution >= 0.6 is 12.2 Å². The number of aliphatic imine (C=N–C) groups is 1. The Morgan fingerprint density at radius 3 is 1.84 bits per heavy atom. The number of carboxylic acid groups (broad SMARTS) is 3. The molecule has 240 valence electrons. The maximum Gasteiger partial charge on any atom is 0.317 e. The van der Waals surface area contributed by atoms with Gasteiger partial charge in [0.25, 0.3) is 0 Å². The van der Waals surface area contributed by atoms with Gasteiger partial charge in [0, 0.05) is 51.9 Å². The molecule has 13 heteroatoms. The largest absolute Gasteiger partial charge is 0.480 e. The van der Waals surface area contributed by atoms with Crippen molar-refractivity contribution in [1.29, 1.82) is 0 Å². The first kappa shape index (κ1) is 36.4. The molecule has 0 aliphatic carbocycles. The van der Waals surface area contributed by atoms with Gasteiger partial charge < -0.3 is 25.1 Å². The number of hydrogen-bond acceptors (Lipinski definition) is 10. The Hall–Kier alpha value is -2.77. The molecule has 12 nitrogen and oxygen atoms in total. The summed E-state index contributed by atoms with van der Waals surface area (Å²) in [5.41, 5.74) is 1.73. The molecule has 0 spiro atoms. The third-order valence-electron chi connectivity index (χ3n) is 7.92. The first-order valence-electron chi connectivity index (χ1n) is 14.8. The average Bonchev–Trinajstić information content (AvgIpc) is 2.93. The topological polar surface area (TPSA) is 140 Å². The van der Waals surface area contributed by atoms with Crippen molar-refractivity contribution in [2.24, 2.45) is 10.9 Å². The molecule has 2 unspecified atom stereocenters. The van der Waals surface area contributed by atoms with Gasteiger partial charge in [-0.2, -0.15) is 4.99 Å². The molecule has 0 bridgehead atoms. The molecular formula is C30H48N6O6S. The number of carbonyl (C=O) groups is 3. The highest BCUT2D eigenvalue weighted by Crippen LogP contribution is 2.17. The number of isothiocyanates is 1. The highest BCUT2D eigenvalue weighted by atomic mass is 32.1. The summed E-state index contributed by atoms with van der Waals surface area (Å²) >= 11 is 4.70. The summed E-state index contributed by atoms with van der Waals surface area (Å²) in [6, 6.07) is 7.50. The van der Waals surface area contributed by atoms with Crippen molar-refractivity contribution in [2.75, 3.05) is 92.6 Å². The van der Waals surface area contributed by atoms with Gasteiger partial charge >= 0.3 is 17.9 Å². The first-order valence-corrected chi connectivity index (χ1v) is 15.2. The van der Waals surface area contributed by atoms with Crippen molar-refractivity contribution >= 4 is 41.0 Å². The van der Waals surface area contributed by atoms with Crippen LogP contribution in [0.5, 0.6) is 0 Å². The fourth-order valence-electron chi connectivity index (χ4n) is 5.28. The minimum Gasteiger partial charge on any atom is -0.480 e. The van der Waals surface area contributed by atoms with E-state index in [2.05, 4.69) is 33.9 Å². The summed E-state index contributed by atoms with van der Waals surface area (Å²) in [4.78, 5) is 49.3. The molecular weight excluding hydrogens is 572 g/mol. The summed E-state index contributed by atoms with van der Waals surface area (Å²) in [5.74, 6) is -2.37. The van der Waals surface area contributed by atoms with Gasteiger partial charge in [-0.3, -0.25) is 29.1 Å². The van der Waals surface area contributed by atoms with Crippen LogP contribution in [0.1, 0.15) is 25.3 Å². The second-order valence-corrected chi connectivity index (χ2v) is 11.9. The highest BCUT2D eigenvalue weighted by Gasteiger charge is 2.25. The summed E-state index contributed by atoms with van der Waals surface area (Å²) in [6.07, 6.45) is 2.61. The lowest BCUT2D eigenvalue weighted by molar-refractivity contribution is -0.141. The maximum atomic E-state index is 12.0. The minimum atomic E-state index is -0.985. The summed E-state index contributed by atoms with van der Waals surface area (Å²) < 4.78 is 0. The fourth-order valence-corrected chi connectivity index (χ4v) is 5.39. The minimum absolute atomic E-state index is 0.126. The van der Waals surface area contributed by atoms with E-state index >= 15 is 0 Å². The zero-order valence-electron chi connectivity index (χ0n) is 25.7. The monoisotopic (exact) mass is 620 g/mol. The van der Waals surface area contributed by atoms with Gasteiger partial charge in [-0.25, -0.2) is 0 Å². The zero-order chi connectivity index (χ0) is 31.8. The van der Waals surface area contributed by atoms with E-state index < -0.39 is 17.9 Å². The normalized spacial score (nSPS) is 22.2. The van der Waals surface area contributed by atoms with E-state index in [1.807, 2.05) is 41.1 Å². The van der Waals surface area contributed by atoms with Gasteiger partial charge in [-0.1, -0.05) is 19.1 Å². The quantitative estimate of drug-likeness (QED) is 0.274. The molecule has 2 rings (SSSR count). The Morgan fingerprint density at radius 1 is 0.791 bits per heavy atom. The molecule has 1 aromatic rings. The van der Waals surface area contributed by atoms with E-state index in [0.29, 0.717) is 63.8 Å². The lowest BCUT2D eigenvalue weighted by Crippen LogP contribution is -2.50. The predicted octanol–water partition coefficient (Wildman–Crippen LogP) is 1.79. The van der Waals surface area contributed by atoms with Crippen LogP contribution in [-0.2, 0) is 20.8 Å². The third kappa shape index (κ3) is 15.5. The number of nitrogens with zero attached hydrogens (tertiary/aromatic N) is 6. The molecule has 1 fully saturated rings. The molecule has 0 aromatic heterocycles. The highest BCUT2D eigenvalue weighted by molar-refractivity contribution is 7.78. The van der Waals surface area contributed by atoms with Crippen LogP contribution in [0.15, 0.2) is 29.3 Å². The van der Waals surface area contributed by atoms with Crippen LogP contribution < -0.4 is 0 Å². The van der Waals surface area contributed by atoms with E-state index in [0.717, 1.165) is 31.5 Å². The lowest BCUT2D eigenvalue weighted by Gasteiger charge is -2.36. The smallest absolute Gasteiger partial charge is 0.317 e. The molecule has 0 saturated carbocycles. The maximum absolute atomic E-state index is 12.0. The summed E-state index contributed by atoms with van der Waals surface area (Å²) in [7, 11) is 4.11. The molecule has 43 heavy (non-hydrogen) atoms. The molecule has 1 aromatic carbocycles. The number of thiocarbonyl (C=S) groups is 1. The van der Waals surface area contributed by atoms with Gasteiger partial charge in [-0.15, -0.1) is 0 Å². The van der Waals surface area contributed by atoms with Crippen molar-refractivity contribution in [1.82, 2.24) is 24.5 Å². The van der Waals surface area contributed by atoms with Crippen LogP contribution in [0.4, 0.5) is 5.69 Å². The Kier molecular flexibility index (Phi) is 16.5. The van der Waals surface area contributed by atoms with Gasteiger partial charge in [-0.05, 0) is 82.3 Å². The van der Waals surface area contributed by atoms with Crippen LogP contribution in [0.2, 0.25) is 0 Å². The molecule has 1 aliphatic heterocycles. The van der Waals surface area contributed by atoms with Gasteiger partial charge in [0.1, 0.15) is 0 Å². The number of likely N-dealkylation sites (N-methyl/N-ethyl adjacent to an activating group) is 2. The number of benzene rings is 1. The number of rotatable bonds is 9. The van der Waals surface area contributed by atoms with Crippen molar-refractivity contribution < 1.29 is 29.7 Å². The van der Waals surface area contributed by atoms with E-state index in [4.69, 9.17) is 12.2 Å². The van der Waals surface area contributed by atoms with Crippen LogP contribution in [0, 0.1) is 5.92 Å². The molecule has 3 N–H and O–H groups in total. The Labute approximate surface area is 260 Å². The molecule has 1 aliphatic rings. The molecule has 1 saturated heterocycles. The second kappa shape index (κ2) is 19.5. The summed E-state index contributed by atoms with van der Waals surface area (Å²) in [5, 5.41) is 31.3. The predicted molar refractivity (Wildman–Crippen MR) is 169 cm³/mol. The zero-order valence-corrected chi connectivity index (χ0v) is 26.5. The van der Waals surface area contributed by atoms with Crippen LogP contribution in [0.3, 0.4) is 0 Å². The SMILES string of the molecule is CC1CCN(C)CCN(CC(=O)O)CCN(CC(=O)O)CCN(CC(=O)O)C(Cc2ccc(N=C=S)cc2)CN(C)CC1. The molecule has 0 radical (unpaired) electrons. The lowest BCUT2D eigenvalue weighted by atomic mass is 10.0. The van der Waals surface area contributed by atoms with Crippen molar-refractivity contribution in [3.8, 4) is 0 Å². The third-order valence-corrected chi connectivity index (χ3v) is 8.01. The van der Waals surface area contributed by atoms with E-state index in [1.165, 1.54) is 0 Å². The van der Waals surface area contributed by atoms with E-state index in [-0.39, 0.29) is 25.7 Å². The van der Waals surface area contributed by atoms with E-state index in [9.17, 15) is 29.7 Å².